The van der Waals surface area contributed by atoms with E-state index in [0.717, 1.165) is 24.8 Å². The van der Waals surface area contributed by atoms with Gasteiger partial charge in [0.05, 0.1) is 16.7 Å². The Balaban J connectivity index is 0.000000352. The van der Waals surface area contributed by atoms with Crippen molar-refractivity contribution in [3.63, 3.8) is 0 Å². The standard InChI is InChI=1S/C16H21Cl2NO.C2H2O4/c1-19-12-3-2-7-16(19,8-6-12)9-10-20-13-4-5-14(17)15(18)11-13;3-1(4)2(5)6/h4-5,11-12H,2-3,6-10H2,1H3;(H,3,4)(H,5,6)/t12-,16+;/m1./s1. The molecule has 2 N–H and O–H groups in total. The topological polar surface area (TPSA) is 87.1 Å². The number of carbonyl (C=O) groups is 2. The first kappa shape index (κ1) is 20.8. The summed E-state index contributed by atoms with van der Waals surface area (Å²) in [6.45, 7) is 0.745. The normalized spacial score (nSPS) is 24.5. The van der Waals surface area contributed by atoms with Crippen LogP contribution in [0.2, 0.25) is 10.0 Å². The van der Waals surface area contributed by atoms with Gasteiger partial charge in [0, 0.05) is 17.6 Å². The molecule has 2 atom stereocenters. The van der Waals surface area contributed by atoms with Gasteiger partial charge in [0.2, 0.25) is 0 Å². The number of aliphatic carboxylic acids is 2. The minimum absolute atomic E-state index is 0.374. The molecule has 144 valence electrons. The minimum Gasteiger partial charge on any atom is -0.493 e. The Hall–Kier alpha value is -1.50. The van der Waals surface area contributed by atoms with Crippen molar-refractivity contribution in [2.75, 3.05) is 13.7 Å². The van der Waals surface area contributed by atoms with Crippen LogP contribution < -0.4 is 4.74 Å². The number of benzene rings is 1. The Morgan fingerprint density at radius 2 is 1.88 bits per heavy atom. The van der Waals surface area contributed by atoms with Gasteiger partial charge in [-0.05, 0) is 51.3 Å². The molecule has 0 radical (unpaired) electrons. The predicted molar refractivity (Wildman–Crippen MR) is 99.2 cm³/mol. The molecular weight excluding hydrogens is 381 g/mol. The number of carboxylic acids is 2. The van der Waals surface area contributed by atoms with Gasteiger partial charge in [-0.2, -0.15) is 0 Å². The van der Waals surface area contributed by atoms with E-state index in [1.54, 1.807) is 12.1 Å². The van der Waals surface area contributed by atoms with E-state index >= 15 is 0 Å². The molecule has 2 heterocycles. The molecule has 2 saturated heterocycles. The van der Waals surface area contributed by atoms with Crippen LogP contribution in [0.15, 0.2) is 18.2 Å². The second kappa shape index (κ2) is 8.93. The Morgan fingerprint density at radius 3 is 2.50 bits per heavy atom. The van der Waals surface area contributed by atoms with E-state index in [0.29, 0.717) is 15.6 Å². The second-order valence-corrected chi connectivity index (χ2v) is 7.52. The van der Waals surface area contributed by atoms with Gasteiger partial charge in [-0.15, -0.1) is 0 Å². The third kappa shape index (κ3) is 5.02. The van der Waals surface area contributed by atoms with E-state index in [1.807, 2.05) is 6.07 Å². The number of fused-ring (bicyclic) bond motifs is 2. The highest BCUT2D eigenvalue weighted by atomic mass is 35.5. The van der Waals surface area contributed by atoms with Gasteiger partial charge in [-0.1, -0.05) is 29.6 Å². The number of piperidine rings is 1. The zero-order chi connectivity index (χ0) is 19.3. The summed E-state index contributed by atoms with van der Waals surface area (Å²) >= 11 is 11.9. The van der Waals surface area contributed by atoms with Gasteiger partial charge in [-0.3, -0.25) is 4.90 Å². The zero-order valence-electron chi connectivity index (χ0n) is 14.6. The molecule has 8 heteroatoms. The summed E-state index contributed by atoms with van der Waals surface area (Å²) in [5.74, 6) is -2.84. The molecule has 6 nitrogen and oxygen atoms in total. The fraction of sp³-hybridized carbons (Fsp3) is 0.556. The Morgan fingerprint density at radius 1 is 1.19 bits per heavy atom. The average Bonchev–Trinajstić information content (AvgIpc) is 2.77. The van der Waals surface area contributed by atoms with E-state index in [2.05, 4.69) is 11.9 Å². The van der Waals surface area contributed by atoms with Gasteiger partial charge >= 0.3 is 11.9 Å². The zero-order valence-corrected chi connectivity index (χ0v) is 16.1. The van der Waals surface area contributed by atoms with E-state index < -0.39 is 11.9 Å². The van der Waals surface area contributed by atoms with Crippen LogP contribution in [0.1, 0.15) is 38.5 Å². The molecule has 2 aliphatic rings. The second-order valence-electron chi connectivity index (χ2n) is 6.70. The highest BCUT2D eigenvalue weighted by Crippen LogP contribution is 2.44. The minimum atomic E-state index is -1.82. The van der Waals surface area contributed by atoms with Crippen molar-refractivity contribution in [2.45, 2.75) is 50.1 Å². The van der Waals surface area contributed by atoms with Crippen LogP contribution in [-0.4, -0.2) is 52.3 Å². The molecule has 0 amide bonds. The van der Waals surface area contributed by atoms with Crippen molar-refractivity contribution in [2.24, 2.45) is 0 Å². The first-order chi connectivity index (χ1) is 12.2. The van der Waals surface area contributed by atoms with Crippen molar-refractivity contribution < 1.29 is 24.5 Å². The van der Waals surface area contributed by atoms with E-state index in [-0.39, 0.29) is 0 Å². The summed E-state index contributed by atoms with van der Waals surface area (Å²) in [5, 5.41) is 15.9. The maximum absolute atomic E-state index is 9.10. The number of hydrogen-bond donors (Lipinski definition) is 2. The largest absolute Gasteiger partial charge is 0.493 e. The molecule has 0 unspecified atom stereocenters. The lowest BCUT2D eigenvalue weighted by atomic mass is 9.86. The maximum atomic E-state index is 9.10. The number of nitrogens with zero attached hydrogens (tertiary/aromatic N) is 1. The van der Waals surface area contributed by atoms with E-state index in [9.17, 15) is 0 Å². The van der Waals surface area contributed by atoms with Gasteiger partial charge in [0.1, 0.15) is 5.75 Å². The van der Waals surface area contributed by atoms with Crippen molar-refractivity contribution in [3.8, 4) is 5.75 Å². The van der Waals surface area contributed by atoms with E-state index in [4.69, 9.17) is 47.7 Å². The Bertz CT molecular complexity index is 653. The fourth-order valence-electron chi connectivity index (χ4n) is 3.85. The van der Waals surface area contributed by atoms with Crippen LogP contribution in [0, 0.1) is 0 Å². The first-order valence-electron chi connectivity index (χ1n) is 8.52. The average molecular weight is 404 g/mol. The molecule has 2 fully saturated rings. The lowest BCUT2D eigenvalue weighted by Gasteiger charge is -2.42. The third-order valence-electron chi connectivity index (χ3n) is 5.33. The first-order valence-corrected chi connectivity index (χ1v) is 9.28. The highest BCUT2D eigenvalue weighted by molar-refractivity contribution is 6.42. The summed E-state index contributed by atoms with van der Waals surface area (Å²) in [7, 11) is 2.29. The summed E-state index contributed by atoms with van der Waals surface area (Å²) in [4.78, 5) is 20.8. The lowest BCUT2D eigenvalue weighted by Crippen LogP contribution is -2.48. The number of rotatable bonds is 4. The summed E-state index contributed by atoms with van der Waals surface area (Å²) in [5.41, 5.74) is 0.374. The van der Waals surface area contributed by atoms with Crippen LogP contribution in [-0.2, 0) is 9.59 Å². The molecule has 3 rings (SSSR count). The lowest BCUT2D eigenvalue weighted by molar-refractivity contribution is -0.159. The van der Waals surface area contributed by atoms with Crippen LogP contribution in [0.5, 0.6) is 5.75 Å². The van der Waals surface area contributed by atoms with Gasteiger partial charge in [0.15, 0.2) is 0 Å². The maximum Gasteiger partial charge on any atom is 0.414 e. The number of ether oxygens (including phenoxy) is 1. The molecule has 0 aliphatic carbocycles. The predicted octanol–water partition coefficient (Wildman–Crippen LogP) is 3.93. The van der Waals surface area contributed by atoms with Crippen LogP contribution >= 0.6 is 23.2 Å². The smallest absolute Gasteiger partial charge is 0.414 e. The van der Waals surface area contributed by atoms with Crippen LogP contribution in [0.3, 0.4) is 0 Å². The van der Waals surface area contributed by atoms with Gasteiger partial charge in [0.25, 0.3) is 0 Å². The molecule has 26 heavy (non-hydrogen) atoms. The monoisotopic (exact) mass is 403 g/mol. The SMILES string of the molecule is CN1[C@@H]2CCC[C@@]1(CCOc1ccc(Cl)c(Cl)c1)CC2.O=C(O)C(=O)O. The summed E-state index contributed by atoms with van der Waals surface area (Å²) in [6, 6.07) is 6.27. The number of carboxylic acid groups (broad SMARTS) is 2. The van der Waals surface area contributed by atoms with E-state index in [1.165, 1.54) is 32.1 Å². The van der Waals surface area contributed by atoms with Gasteiger partial charge < -0.3 is 14.9 Å². The Labute approximate surface area is 162 Å². The summed E-state index contributed by atoms with van der Waals surface area (Å²) in [6.07, 6.45) is 7.81. The highest BCUT2D eigenvalue weighted by Gasteiger charge is 2.46. The van der Waals surface area contributed by atoms with Crippen molar-refractivity contribution in [1.29, 1.82) is 0 Å². The van der Waals surface area contributed by atoms with Crippen molar-refractivity contribution in [1.82, 2.24) is 4.90 Å². The third-order valence-corrected chi connectivity index (χ3v) is 6.07. The number of halogens is 2. The molecule has 1 aromatic carbocycles. The van der Waals surface area contributed by atoms with Crippen molar-refractivity contribution in [3.05, 3.63) is 28.2 Å². The van der Waals surface area contributed by atoms with Crippen LogP contribution in [0.25, 0.3) is 0 Å². The molecule has 1 aromatic rings. The summed E-state index contributed by atoms with van der Waals surface area (Å²) < 4.78 is 5.87. The van der Waals surface area contributed by atoms with Crippen LogP contribution in [0.4, 0.5) is 0 Å². The quantitative estimate of drug-likeness (QED) is 0.740. The molecular formula is C18H23Cl2NO5. The molecule has 2 aliphatic heterocycles. The fourth-order valence-corrected chi connectivity index (χ4v) is 4.14. The molecule has 2 bridgehead atoms. The number of hydrogen-bond acceptors (Lipinski definition) is 4. The molecule has 0 saturated carbocycles. The molecule has 0 spiro atoms. The molecule has 0 aromatic heterocycles. The Kier molecular flexibility index (Phi) is 7.15. The van der Waals surface area contributed by atoms with Crippen molar-refractivity contribution >= 4 is 35.1 Å². The van der Waals surface area contributed by atoms with Gasteiger partial charge in [-0.25, -0.2) is 9.59 Å².